The molecular formula is C57H88F6O3. The quantitative estimate of drug-likeness (QED) is 0.150. The lowest BCUT2D eigenvalue weighted by atomic mass is 9.69. The standard InChI is InChI=1S/2C21H30F2O.C15H18F2O.5H2/c2*1-14-3-8-17(9-4-14)18-10-6-16(7-11-18)13-24-19-12-5-15(2)20(22)21(19)23;1-9-3-6-11(7-4-9)15(18)12-8-5-10(2)13(16)14(12)17;;;;;/h2*5,12,14,16-18H,3-4,6-11,13H2,1-2H3;5,8-9,11H,3-4,6-7H2,1-2H3;5*1H. The van der Waals surface area contributed by atoms with Crippen LogP contribution in [0.2, 0.25) is 0 Å². The van der Waals surface area contributed by atoms with Crippen LogP contribution in [0.25, 0.3) is 0 Å². The van der Waals surface area contributed by atoms with Crippen molar-refractivity contribution in [3.63, 3.8) is 0 Å². The van der Waals surface area contributed by atoms with Crippen LogP contribution in [-0.4, -0.2) is 19.0 Å². The van der Waals surface area contributed by atoms with Crippen LogP contribution >= 0.6 is 0 Å². The zero-order valence-electron chi connectivity index (χ0n) is 40.8. The first-order valence-corrected chi connectivity index (χ1v) is 25.7. The number of ketones is 1. The third kappa shape index (κ3) is 14.0. The molecular weight excluding hydrogens is 847 g/mol. The van der Waals surface area contributed by atoms with Crippen LogP contribution in [0.5, 0.6) is 11.5 Å². The summed E-state index contributed by atoms with van der Waals surface area (Å²) in [6, 6.07) is 9.12. The van der Waals surface area contributed by atoms with Crippen molar-refractivity contribution < 1.29 is 47.7 Å². The van der Waals surface area contributed by atoms with Crippen LogP contribution in [0.15, 0.2) is 36.4 Å². The molecule has 0 saturated heterocycles. The fraction of sp³-hybridized carbons (Fsp3) is 0.667. The topological polar surface area (TPSA) is 35.5 Å². The van der Waals surface area contributed by atoms with E-state index >= 15 is 0 Å². The minimum atomic E-state index is -0.987. The van der Waals surface area contributed by atoms with Gasteiger partial charge in [-0.2, -0.15) is 8.78 Å². The number of aryl methyl sites for hydroxylation is 3. The molecule has 0 atom stereocenters. The van der Waals surface area contributed by atoms with Crippen molar-refractivity contribution in [3.05, 3.63) is 93.6 Å². The van der Waals surface area contributed by atoms with Crippen molar-refractivity contribution in [1.82, 2.24) is 0 Å². The number of rotatable bonds is 10. The number of carbonyl (C=O) groups is 1. The van der Waals surface area contributed by atoms with Crippen LogP contribution in [0.1, 0.15) is 183 Å². The molecule has 0 heterocycles. The van der Waals surface area contributed by atoms with Crippen LogP contribution in [-0.2, 0) is 0 Å². The Balaban J connectivity index is 0.000000520. The van der Waals surface area contributed by atoms with E-state index in [2.05, 4.69) is 20.8 Å². The van der Waals surface area contributed by atoms with Gasteiger partial charge in [-0.15, -0.1) is 0 Å². The van der Waals surface area contributed by atoms with E-state index in [4.69, 9.17) is 9.47 Å². The SMILES string of the molecule is Cc1ccc(C(=O)C2CCC(C)CC2)c(F)c1F.Cc1ccc(OCC2CCC(C3CCC(C)CC3)CC2)c(F)c1F.Cc1ccc(OCC2CCC(C3CCC(C)CC3)CC2)c(F)c1F.[HH].[HH].[HH].[HH].[HH]. The Morgan fingerprint density at radius 3 is 1.09 bits per heavy atom. The van der Waals surface area contributed by atoms with Crippen LogP contribution in [0, 0.1) is 115 Å². The second-order valence-corrected chi connectivity index (χ2v) is 21.6. The van der Waals surface area contributed by atoms with Crippen molar-refractivity contribution in [3.8, 4) is 11.5 Å². The van der Waals surface area contributed by atoms with Gasteiger partial charge in [0.1, 0.15) is 0 Å². The molecule has 376 valence electrons. The first-order valence-electron chi connectivity index (χ1n) is 25.7. The number of halogens is 6. The molecule has 0 amide bonds. The lowest BCUT2D eigenvalue weighted by Crippen LogP contribution is -2.27. The monoisotopic (exact) mass is 935 g/mol. The number of hydrogen-bond acceptors (Lipinski definition) is 3. The van der Waals surface area contributed by atoms with Gasteiger partial charge in [0, 0.05) is 13.1 Å². The lowest BCUT2D eigenvalue weighted by Gasteiger charge is -2.37. The van der Waals surface area contributed by atoms with Crippen LogP contribution in [0.4, 0.5) is 26.3 Å². The molecule has 3 nitrogen and oxygen atoms in total. The van der Waals surface area contributed by atoms with Crippen LogP contribution < -0.4 is 9.47 Å². The van der Waals surface area contributed by atoms with Crippen molar-refractivity contribution in [1.29, 1.82) is 0 Å². The van der Waals surface area contributed by atoms with Crippen molar-refractivity contribution in [2.75, 3.05) is 13.2 Å². The third-order valence-electron chi connectivity index (χ3n) is 16.6. The zero-order chi connectivity index (χ0) is 47.5. The summed E-state index contributed by atoms with van der Waals surface area (Å²) in [4.78, 5) is 12.2. The molecule has 3 aromatic rings. The Morgan fingerprint density at radius 2 is 0.727 bits per heavy atom. The van der Waals surface area contributed by atoms with E-state index in [1.54, 1.807) is 38.1 Å². The molecule has 66 heavy (non-hydrogen) atoms. The second kappa shape index (κ2) is 24.7. The van der Waals surface area contributed by atoms with E-state index in [1.807, 2.05) is 0 Å². The van der Waals surface area contributed by atoms with Gasteiger partial charge in [-0.1, -0.05) is 77.5 Å². The fourth-order valence-electron chi connectivity index (χ4n) is 11.6. The predicted molar refractivity (Wildman–Crippen MR) is 263 cm³/mol. The molecule has 0 unspecified atom stereocenters. The number of carbonyl (C=O) groups excluding carboxylic acids is 1. The minimum absolute atomic E-state index is 0. The molecule has 0 aliphatic heterocycles. The summed E-state index contributed by atoms with van der Waals surface area (Å²) in [5.74, 6) is 1.59. The predicted octanol–water partition coefficient (Wildman–Crippen LogP) is 18.1. The molecule has 0 N–H and O–H groups in total. The summed E-state index contributed by atoms with van der Waals surface area (Å²) in [6.07, 6.45) is 24.5. The molecule has 5 aliphatic rings. The molecule has 3 aromatic carbocycles. The molecule has 5 aliphatic carbocycles. The van der Waals surface area contributed by atoms with Gasteiger partial charge < -0.3 is 9.47 Å². The highest BCUT2D eigenvalue weighted by Gasteiger charge is 2.33. The average Bonchev–Trinajstić information content (AvgIpc) is 3.33. The molecule has 0 radical (unpaired) electrons. The molecule has 0 spiro atoms. The van der Waals surface area contributed by atoms with E-state index in [9.17, 15) is 31.1 Å². The highest BCUT2D eigenvalue weighted by atomic mass is 19.2. The molecule has 0 aromatic heterocycles. The van der Waals surface area contributed by atoms with Gasteiger partial charge in [-0.05, 0) is 199 Å². The summed E-state index contributed by atoms with van der Waals surface area (Å²) >= 11 is 0. The maximum Gasteiger partial charge on any atom is 0.200 e. The van der Waals surface area contributed by atoms with Gasteiger partial charge in [-0.25, -0.2) is 17.6 Å². The average molecular weight is 935 g/mol. The number of Topliss-reactive ketones (excluding diaryl/α,β-unsaturated/α-hetero) is 1. The maximum absolute atomic E-state index is 13.9. The minimum Gasteiger partial charge on any atom is -0.490 e. The van der Waals surface area contributed by atoms with E-state index in [-0.39, 0.29) is 41.5 Å². The first kappa shape index (κ1) is 51.9. The smallest absolute Gasteiger partial charge is 0.200 e. The zero-order valence-corrected chi connectivity index (χ0v) is 40.8. The third-order valence-corrected chi connectivity index (χ3v) is 16.6. The van der Waals surface area contributed by atoms with E-state index in [0.717, 1.165) is 86.9 Å². The maximum atomic E-state index is 13.9. The Labute approximate surface area is 400 Å². The Bertz CT molecular complexity index is 1920. The van der Waals surface area contributed by atoms with Gasteiger partial charge in [0.25, 0.3) is 0 Å². The van der Waals surface area contributed by atoms with Crippen molar-refractivity contribution >= 4 is 5.78 Å². The lowest BCUT2D eigenvalue weighted by molar-refractivity contribution is 0.0870. The summed E-state index contributed by atoms with van der Waals surface area (Å²) in [5, 5.41) is 0. The highest BCUT2D eigenvalue weighted by Crippen LogP contribution is 2.43. The highest BCUT2D eigenvalue weighted by molar-refractivity contribution is 5.98. The summed E-state index contributed by atoms with van der Waals surface area (Å²) < 4.78 is 93.3. The summed E-state index contributed by atoms with van der Waals surface area (Å²) in [6.45, 7) is 12.5. The number of benzene rings is 3. The number of hydrogen-bond donors (Lipinski definition) is 0. The van der Waals surface area contributed by atoms with E-state index in [0.29, 0.717) is 42.1 Å². The van der Waals surface area contributed by atoms with E-state index in [1.165, 1.54) is 96.1 Å². The molecule has 8 rings (SSSR count). The molecule has 5 fully saturated rings. The van der Waals surface area contributed by atoms with E-state index < -0.39 is 34.9 Å². The van der Waals surface area contributed by atoms with Crippen molar-refractivity contribution in [2.24, 2.45) is 59.2 Å². The molecule has 5 saturated carbocycles. The van der Waals surface area contributed by atoms with Gasteiger partial charge in [0.2, 0.25) is 11.6 Å². The Morgan fingerprint density at radius 1 is 0.424 bits per heavy atom. The normalized spacial score (nSPS) is 29.1. The second-order valence-electron chi connectivity index (χ2n) is 21.6. The fourth-order valence-corrected chi connectivity index (χ4v) is 11.6. The van der Waals surface area contributed by atoms with Crippen molar-refractivity contribution in [2.45, 2.75) is 170 Å². The summed E-state index contributed by atoms with van der Waals surface area (Å²) in [7, 11) is 0. The number of ether oxygens (including phenoxy) is 2. The van der Waals surface area contributed by atoms with Gasteiger partial charge in [0.05, 0.1) is 18.8 Å². The largest absolute Gasteiger partial charge is 0.490 e. The van der Waals surface area contributed by atoms with Gasteiger partial charge in [0.15, 0.2) is 40.6 Å². The summed E-state index contributed by atoms with van der Waals surface area (Å²) in [5.41, 5.74) is 0.795. The van der Waals surface area contributed by atoms with Crippen LogP contribution in [0.3, 0.4) is 0 Å². The van der Waals surface area contributed by atoms with Gasteiger partial charge >= 0.3 is 0 Å². The molecule has 9 heteroatoms. The Kier molecular flexibility index (Phi) is 19.4. The first-order chi connectivity index (χ1) is 31.6. The molecule has 0 bridgehead atoms. The van der Waals surface area contributed by atoms with Gasteiger partial charge in [-0.3, -0.25) is 4.79 Å². The Hall–Kier alpha value is -3.49.